The largest absolute Gasteiger partial charge is 0.508 e. The maximum Gasteiger partial charge on any atom is 0.119 e. The lowest BCUT2D eigenvalue weighted by Crippen LogP contribution is -2.12. The van der Waals surface area contributed by atoms with Crippen molar-refractivity contribution in [2.75, 3.05) is 0 Å². The van der Waals surface area contributed by atoms with Gasteiger partial charge in [-0.15, -0.1) is 0 Å². The molecule has 2 rings (SSSR count). The number of hydrogen-bond donors (Lipinski definition) is 2. The molecule has 0 atom stereocenters. The molecule has 2 aromatic rings. The fraction of sp³-hybridized carbons (Fsp3) is 0.455. The van der Waals surface area contributed by atoms with E-state index in [0.29, 0.717) is 11.5 Å². The smallest absolute Gasteiger partial charge is 0.119 e. The first-order valence-corrected chi connectivity index (χ1v) is 9.48. The molecule has 0 unspecified atom stereocenters. The van der Waals surface area contributed by atoms with Crippen molar-refractivity contribution in [1.29, 1.82) is 0 Å². The van der Waals surface area contributed by atoms with Crippen LogP contribution in [0.15, 0.2) is 34.1 Å². The SMILES string of the molecule is Cc1c(O)cc(C(C)(C)C)cc1Sc1cc(C(C)(C)C)cc(O)c1C. The summed E-state index contributed by atoms with van der Waals surface area (Å²) in [7, 11) is 0. The van der Waals surface area contributed by atoms with Gasteiger partial charge in [0.25, 0.3) is 0 Å². The van der Waals surface area contributed by atoms with E-state index in [4.69, 9.17) is 0 Å². The van der Waals surface area contributed by atoms with E-state index in [1.807, 2.05) is 26.0 Å². The molecule has 0 aliphatic heterocycles. The maximum absolute atomic E-state index is 10.4. The van der Waals surface area contributed by atoms with E-state index in [-0.39, 0.29) is 10.8 Å². The van der Waals surface area contributed by atoms with E-state index in [2.05, 4.69) is 53.7 Å². The highest BCUT2D eigenvalue weighted by atomic mass is 32.2. The van der Waals surface area contributed by atoms with Crippen LogP contribution in [-0.4, -0.2) is 10.2 Å². The summed E-state index contributed by atoms with van der Waals surface area (Å²) in [6.45, 7) is 16.7. The minimum Gasteiger partial charge on any atom is -0.508 e. The molecule has 0 bridgehead atoms. The molecule has 0 fully saturated rings. The summed E-state index contributed by atoms with van der Waals surface area (Å²) in [4.78, 5) is 2.05. The highest BCUT2D eigenvalue weighted by Gasteiger charge is 2.21. The van der Waals surface area contributed by atoms with Crippen LogP contribution in [0, 0.1) is 13.8 Å². The standard InChI is InChI=1S/C22H30O2S/c1-13-17(23)9-15(21(3,4)5)11-19(13)25-20-12-16(22(6,7)8)10-18(24)14(20)2/h9-12,23-24H,1-8H3. The third-order valence-electron chi connectivity index (χ3n) is 4.62. The number of hydrogen-bond acceptors (Lipinski definition) is 3. The first-order valence-electron chi connectivity index (χ1n) is 8.66. The molecule has 0 aliphatic carbocycles. The van der Waals surface area contributed by atoms with Crippen LogP contribution in [0.25, 0.3) is 0 Å². The molecule has 25 heavy (non-hydrogen) atoms. The number of phenols is 2. The van der Waals surface area contributed by atoms with Crippen LogP contribution < -0.4 is 0 Å². The Balaban J connectivity index is 2.57. The molecule has 2 N–H and O–H groups in total. The Bertz CT molecular complexity index is 726. The van der Waals surface area contributed by atoms with Gasteiger partial charge >= 0.3 is 0 Å². The normalized spacial score (nSPS) is 12.5. The number of benzene rings is 2. The van der Waals surface area contributed by atoms with Gasteiger partial charge in [-0.05, 0) is 60.1 Å². The highest BCUT2D eigenvalue weighted by molar-refractivity contribution is 7.99. The number of aromatic hydroxyl groups is 2. The summed E-state index contributed by atoms with van der Waals surface area (Å²) in [5.74, 6) is 0.646. The molecule has 0 saturated carbocycles. The molecule has 2 aromatic carbocycles. The van der Waals surface area contributed by atoms with Gasteiger partial charge in [0, 0.05) is 20.9 Å². The van der Waals surface area contributed by atoms with E-state index in [1.54, 1.807) is 11.8 Å². The Labute approximate surface area is 156 Å². The van der Waals surface area contributed by atoms with Gasteiger partial charge < -0.3 is 10.2 Å². The van der Waals surface area contributed by atoms with Crippen molar-refractivity contribution in [3.63, 3.8) is 0 Å². The monoisotopic (exact) mass is 358 g/mol. The van der Waals surface area contributed by atoms with Crippen molar-refractivity contribution < 1.29 is 10.2 Å². The predicted octanol–water partition coefficient (Wildman–Crippen LogP) is 6.46. The molecule has 0 spiro atoms. The van der Waals surface area contributed by atoms with Crippen LogP contribution in [0.5, 0.6) is 11.5 Å². The molecule has 136 valence electrons. The fourth-order valence-electron chi connectivity index (χ4n) is 2.54. The van der Waals surface area contributed by atoms with Crippen molar-refractivity contribution in [2.24, 2.45) is 0 Å². The van der Waals surface area contributed by atoms with Crippen molar-refractivity contribution >= 4 is 11.8 Å². The molecule has 0 heterocycles. The second-order valence-electron chi connectivity index (χ2n) is 8.84. The van der Waals surface area contributed by atoms with Gasteiger partial charge in [-0.3, -0.25) is 0 Å². The molecule has 0 radical (unpaired) electrons. The summed E-state index contributed by atoms with van der Waals surface area (Å²) in [6, 6.07) is 8.02. The van der Waals surface area contributed by atoms with Gasteiger partial charge in [-0.1, -0.05) is 53.3 Å². The van der Waals surface area contributed by atoms with Gasteiger partial charge in [-0.25, -0.2) is 0 Å². The Morgan fingerprint density at radius 2 is 0.960 bits per heavy atom. The van der Waals surface area contributed by atoms with Gasteiger partial charge in [0.2, 0.25) is 0 Å². The fourth-order valence-corrected chi connectivity index (χ4v) is 3.67. The molecule has 2 nitrogen and oxygen atoms in total. The Kier molecular flexibility index (Phi) is 5.21. The van der Waals surface area contributed by atoms with E-state index >= 15 is 0 Å². The van der Waals surface area contributed by atoms with E-state index in [9.17, 15) is 10.2 Å². The number of phenolic OH excluding ortho intramolecular Hbond substituents is 2. The first-order chi connectivity index (χ1) is 11.3. The quantitative estimate of drug-likeness (QED) is 0.647. The van der Waals surface area contributed by atoms with Crippen LogP contribution in [0.1, 0.15) is 63.8 Å². The minimum atomic E-state index is -0.0368. The Morgan fingerprint density at radius 3 is 1.24 bits per heavy atom. The molecule has 0 aliphatic rings. The van der Waals surface area contributed by atoms with Crippen molar-refractivity contribution in [2.45, 2.75) is 76.0 Å². The summed E-state index contributed by atoms with van der Waals surface area (Å²) >= 11 is 1.61. The third kappa shape index (κ3) is 4.33. The summed E-state index contributed by atoms with van der Waals surface area (Å²) in [5.41, 5.74) is 3.88. The summed E-state index contributed by atoms with van der Waals surface area (Å²) in [6.07, 6.45) is 0. The lowest BCUT2D eigenvalue weighted by atomic mass is 9.86. The zero-order valence-corrected chi connectivity index (χ0v) is 17.4. The molecule has 0 amide bonds. The zero-order valence-electron chi connectivity index (χ0n) is 16.6. The second kappa shape index (κ2) is 6.60. The van der Waals surface area contributed by atoms with Crippen molar-refractivity contribution in [3.8, 4) is 11.5 Å². The molecule has 3 heteroatoms. The van der Waals surface area contributed by atoms with E-state index < -0.39 is 0 Å². The van der Waals surface area contributed by atoms with Crippen LogP contribution >= 0.6 is 11.8 Å². The predicted molar refractivity (Wildman–Crippen MR) is 107 cm³/mol. The molecular formula is C22H30O2S. The zero-order chi connectivity index (χ0) is 19.2. The van der Waals surface area contributed by atoms with Gasteiger partial charge in [0.1, 0.15) is 11.5 Å². The lowest BCUT2D eigenvalue weighted by molar-refractivity contribution is 0.464. The maximum atomic E-state index is 10.4. The topological polar surface area (TPSA) is 40.5 Å². The van der Waals surface area contributed by atoms with Crippen molar-refractivity contribution in [1.82, 2.24) is 0 Å². The van der Waals surface area contributed by atoms with Crippen LogP contribution in [0.3, 0.4) is 0 Å². The van der Waals surface area contributed by atoms with Crippen LogP contribution in [0.2, 0.25) is 0 Å². The van der Waals surface area contributed by atoms with E-state index in [0.717, 1.165) is 32.0 Å². The van der Waals surface area contributed by atoms with Crippen molar-refractivity contribution in [3.05, 3.63) is 46.5 Å². The number of rotatable bonds is 2. The van der Waals surface area contributed by atoms with Gasteiger partial charge in [0.05, 0.1) is 0 Å². The van der Waals surface area contributed by atoms with Crippen LogP contribution in [0.4, 0.5) is 0 Å². The van der Waals surface area contributed by atoms with E-state index in [1.165, 1.54) is 0 Å². The van der Waals surface area contributed by atoms with Gasteiger partial charge in [-0.2, -0.15) is 0 Å². The lowest BCUT2D eigenvalue weighted by Gasteiger charge is -2.23. The second-order valence-corrected chi connectivity index (χ2v) is 9.92. The summed E-state index contributed by atoms with van der Waals surface area (Å²) < 4.78 is 0. The molecular weight excluding hydrogens is 328 g/mol. The molecule has 0 aromatic heterocycles. The highest BCUT2D eigenvalue weighted by Crippen LogP contribution is 2.42. The van der Waals surface area contributed by atoms with Crippen LogP contribution in [-0.2, 0) is 10.8 Å². The first kappa shape index (κ1) is 19.7. The summed E-state index contributed by atoms with van der Waals surface area (Å²) in [5, 5.41) is 20.7. The Hall–Kier alpha value is -1.61. The third-order valence-corrected chi connectivity index (χ3v) is 5.91. The minimum absolute atomic E-state index is 0.0368. The molecule has 0 saturated heterocycles. The Morgan fingerprint density at radius 1 is 0.640 bits per heavy atom. The van der Waals surface area contributed by atoms with Gasteiger partial charge in [0.15, 0.2) is 0 Å². The average molecular weight is 359 g/mol. The average Bonchev–Trinajstić information content (AvgIpc) is 2.45.